The van der Waals surface area contributed by atoms with E-state index in [1.807, 2.05) is 0 Å². The van der Waals surface area contributed by atoms with Crippen LogP contribution in [0, 0.1) is 11.8 Å². The number of amides is 5. The third-order valence-corrected chi connectivity index (χ3v) is 11.5. The molecule has 0 bridgehead atoms. The van der Waals surface area contributed by atoms with Gasteiger partial charge in [0.05, 0.1) is 18.4 Å². The summed E-state index contributed by atoms with van der Waals surface area (Å²) >= 11 is 0. The van der Waals surface area contributed by atoms with Gasteiger partial charge >= 0.3 is 12.2 Å². The van der Waals surface area contributed by atoms with Crippen molar-refractivity contribution in [2.24, 2.45) is 11.8 Å². The number of alkyl carbamates (subject to hydrolysis) is 2. The summed E-state index contributed by atoms with van der Waals surface area (Å²) < 4.78 is 44.3. The van der Waals surface area contributed by atoms with E-state index in [-0.39, 0.29) is 39.0 Å². The van der Waals surface area contributed by atoms with Crippen LogP contribution in [0.2, 0.25) is 0 Å². The van der Waals surface area contributed by atoms with Gasteiger partial charge < -0.3 is 35.1 Å². The molecule has 49 heavy (non-hydrogen) atoms. The van der Waals surface area contributed by atoms with Crippen molar-refractivity contribution >= 4 is 39.9 Å². The highest BCUT2D eigenvalue weighted by molar-refractivity contribution is 7.91. The number of fused-ring (bicyclic) bond motifs is 2. The number of nitrogens with one attached hydrogen (secondary N) is 4. The molecule has 274 valence electrons. The molecule has 3 saturated carbocycles. The topological polar surface area (TPSA) is 199 Å². The third-order valence-electron chi connectivity index (χ3n) is 9.70. The number of rotatable bonds is 7. The standard InChI is InChI=1S/C33H51N5O10S/c1-32(2,3)48-31(43)35-25-12-8-16-46-15-7-11-22-18-33(22,29(41)37-49(44,45)24-13-14-24)36-27(39)26-17-23(20-38(26)28(25)40)47-30(42)34-19-21-9-5-4-6-10-21/h7,11,21-26H,4-6,8-10,12-20H2,1-3H3,(H,34,42)(H,35,43)(H,36,39)(H,37,41)/t22-,23-,25+,26+,33-/m1/s1. The van der Waals surface area contributed by atoms with Crippen molar-refractivity contribution in [3.63, 3.8) is 0 Å². The number of hydrogen-bond acceptors (Lipinski definition) is 10. The average molecular weight is 710 g/mol. The molecule has 16 heteroatoms. The molecule has 4 fully saturated rings. The Balaban J connectivity index is 1.36. The average Bonchev–Trinajstić information content (AvgIpc) is 3.95. The van der Waals surface area contributed by atoms with Gasteiger partial charge in [0.15, 0.2) is 0 Å². The second-order valence-corrected chi connectivity index (χ2v) is 16.9. The first kappa shape index (κ1) is 36.9. The fourth-order valence-electron chi connectivity index (χ4n) is 6.82. The van der Waals surface area contributed by atoms with Crippen molar-refractivity contribution in [3.05, 3.63) is 12.2 Å². The number of ether oxygens (including phenoxy) is 3. The van der Waals surface area contributed by atoms with E-state index in [1.165, 1.54) is 11.3 Å². The van der Waals surface area contributed by atoms with Crippen LogP contribution in [-0.4, -0.2) is 104 Å². The molecule has 5 amide bonds. The van der Waals surface area contributed by atoms with Crippen molar-refractivity contribution in [1.29, 1.82) is 0 Å². The highest BCUT2D eigenvalue weighted by Crippen LogP contribution is 2.46. The van der Waals surface area contributed by atoms with E-state index in [4.69, 9.17) is 14.2 Å². The first-order chi connectivity index (χ1) is 23.2. The van der Waals surface area contributed by atoms with E-state index in [9.17, 15) is 32.4 Å². The molecule has 0 unspecified atom stereocenters. The van der Waals surface area contributed by atoms with Crippen molar-refractivity contribution in [2.45, 2.75) is 126 Å². The second kappa shape index (κ2) is 15.2. The van der Waals surface area contributed by atoms with Crippen LogP contribution in [0.15, 0.2) is 12.2 Å². The summed E-state index contributed by atoms with van der Waals surface area (Å²) in [6, 6.07) is -2.27. The van der Waals surface area contributed by atoms with Gasteiger partial charge in [-0.2, -0.15) is 0 Å². The molecule has 1 saturated heterocycles. The van der Waals surface area contributed by atoms with Crippen molar-refractivity contribution in [3.8, 4) is 0 Å². The first-order valence-electron chi connectivity index (χ1n) is 17.5. The van der Waals surface area contributed by atoms with Gasteiger partial charge in [0, 0.05) is 25.5 Å². The number of hydrogen-bond donors (Lipinski definition) is 4. The van der Waals surface area contributed by atoms with Crippen molar-refractivity contribution in [1.82, 2.24) is 25.6 Å². The summed E-state index contributed by atoms with van der Waals surface area (Å²) in [5, 5.41) is 7.58. The molecule has 0 spiro atoms. The van der Waals surface area contributed by atoms with E-state index >= 15 is 0 Å². The van der Waals surface area contributed by atoms with E-state index < -0.39 is 80.4 Å². The Bertz CT molecular complexity index is 1400. The molecule has 5 rings (SSSR count). The molecular weight excluding hydrogens is 658 g/mol. The Morgan fingerprint density at radius 1 is 1.04 bits per heavy atom. The second-order valence-electron chi connectivity index (χ2n) is 14.9. The van der Waals surface area contributed by atoms with Gasteiger partial charge in [-0.25, -0.2) is 18.0 Å². The van der Waals surface area contributed by atoms with Crippen molar-refractivity contribution in [2.75, 3.05) is 26.3 Å². The number of sulfonamides is 1. The Hall–Kier alpha value is -3.40. The van der Waals surface area contributed by atoms with Crippen LogP contribution in [0.3, 0.4) is 0 Å². The van der Waals surface area contributed by atoms with Gasteiger partial charge in [-0.05, 0) is 71.6 Å². The lowest BCUT2D eigenvalue weighted by atomic mass is 9.89. The predicted octanol–water partition coefficient (Wildman–Crippen LogP) is 2.01. The van der Waals surface area contributed by atoms with Crippen LogP contribution in [0.25, 0.3) is 0 Å². The molecule has 0 aromatic heterocycles. The molecule has 0 aromatic rings. The molecular formula is C33H51N5O10S. The van der Waals surface area contributed by atoms with E-state index in [1.54, 1.807) is 32.9 Å². The van der Waals surface area contributed by atoms with Crippen LogP contribution in [0.5, 0.6) is 0 Å². The highest BCUT2D eigenvalue weighted by atomic mass is 32.2. The van der Waals surface area contributed by atoms with Crippen LogP contribution in [-0.2, 0) is 38.6 Å². The maximum Gasteiger partial charge on any atom is 0.408 e. The minimum Gasteiger partial charge on any atom is -0.444 e. The van der Waals surface area contributed by atoms with Crippen LogP contribution in [0.1, 0.15) is 91.4 Å². The number of carbonyl (C=O) groups excluding carboxylic acids is 5. The largest absolute Gasteiger partial charge is 0.444 e. The lowest BCUT2D eigenvalue weighted by molar-refractivity contribution is -0.141. The zero-order valence-electron chi connectivity index (χ0n) is 28.7. The smallest absolute Gasteiger partial charge is 0.408 e. The van der Waals surface area contributed by atoms with Gasteiger partial charge in [-0.3, -0.25) is 19.1 Å². The van der Waals surface area contributed by atoms with Crippen LogP contribution >= 0.6 is 0 Å². The molecule has 0 radical (unpaired) electrons. The normalized spacial score (nSPS) is 30.1. The van der Waals surface area contributed by atoms with Gasteiger partial charge in [0.25, 0.3) is 5.91 Å². The first-order valence-corrected chi connectivity index (χ1v) is 19.1. The molecule has 4 N–H and O–H groups in total. The quantitative estimate of drug-likeness (QED) is 0.284. The third kappa shape index (κ3) is 9.86. The van der Waals surface area contributed by atoms with Gasteiger partial charge in [0.2, 0.25) is 21.8 Å². The maximum absolute atomic E-state index is 14.2. The summed E-state index contributed by atoms with van der Waals surface area (Å²) in [5.41, 5.74) is -2.39. The van der Waals surface area contributed by atoms with Gasteiger partial charge in [0.1, 0.15) is 29.3 Å². The minimum atomic E-state index is -3.91. The number of nitrogens with zero attached hydrogens (tertiary/aromatic N) is 1. The molecule has 15 nitrogen and oxygen atoms in total. The van der Waals surface area contributed by atoms with Crippen molar-refractivity contribution < 1.29 is 46.6 Å². The minimum absolute atomic E-state index is 0.0602. The predicted molar refractivity (Wildman–Crippen MR) is 176 cm³/mol. The van der Waals surface area contributed by atoms with E-state index in [2.05, 4.69) is 20.7 Å². The fraction of sp³-hybridized carbons (Fsp3) is 0.788. The summed E-state index contributed by atoms with van der Waals surface area (Å²) in [4.78, 5) is 68.6. The van der Waals surface area contributed by atoms with E-state index in [0.29, 0.717) is 31.7 Å². The summed E-state index contributed by atoms with van der Waals surface area (Å²) in [5.74, 6) is -2.27. The molecule has 2 heterocycles. The van der Waals surface area contributed by atoms with Gasteiger partial charge in [-0.1, -0.05) is 31.4 Å². The maximum atomic E-state index is 14.2. The molecule has 5 aliphatic rings. The Labute approximate surface area is 288 Å². The number of carbonyl (C=O) groups is 5. The molecule has 0 aromatic carbocycles. The van der Waals surface area contributed by atoms with Crippen LogP contribution < -0.4 is 20.7 Å². The fourth-order valence-corrected chi connectivity index (χ4v) is 8.19. The lowest BCUT2D eigenvalue weighted by Crippen LogP contribution is -2.58. The summed E-state index contributed by atoms with van der Waals surface area (Å²) in [7, 11) is -3.91. The Morgan fingerprint density at radius 2 is 1.78 bits per heavy atom. The van der Waals surface area contributed by atoms with Crippen LogP contribution in [0.4, 0.5) is 9.59 Å². The SMILES string of the molecule is CC(C)(C)OC(=O)N[C@H]1CCCOCC=C[C@@H]2C[C@@]2(C(=O)NS(=O)(=O)C2CC2)NC(=O)[C@@H]2C[C@@H](OC(=O)NCC3CCCCC3)CN2C1=O. The van der Waals surface area contributed by atoms with Gasteiger partial charge in [-0.15, -0.1) is 0 Å². The molecule has 5 atom stereocenters. The zero-order chi connectivity index (χ0) is 35.4. The Kier molecular flexibility index (Phi) is 11.5. The summed E-state index contributed by atoms with van der Waals surface area (Å²) in [6.07, 6.45) is 8.14. The molecule has 2 aliphatic heterocycles. The Morgan fingerprint density at radius 3 is 2.47 bits per heavy atom. The lowest BCUT2D eigenvalue weighted by Gasteiger charge is -2.30. The zero-order valence-corrected chi connectivity index (χ0v) is 29.5. The molecule has 3 aliphatic carbocycles. The summed E-state index contributed by atoms with van der Waals surface area (Å²) in [6.45, 7) is 5.88. The monoisotopic (exact) mass is 709 g/mol. The van der Waals surface area contributed by atoms with E-state index in [0.717, 1.165) is 25.7 Å². The highest BCUT2D eigenvalue weighted by Gasteiger charge is 2.62.